The summed E-state index contributed by atoms with van der Waals surface area (Å²) in [5.74, 6) is 0. The second kappa shape index (κ2) is 3.28. The minimum atomic E-state index is 0.911. The van der Waals surface area contributed by atoms with E-state index in [0.717, 1.165) is 22.2 Å². The first kappa shape index (κ1) is 7.17. The average Bonchev–Trinajstić information content (AvgIpc) is 1.94. The summed E-state index contributed by atoms with van der Waals surface area (Å²) in [4.78, 5) is 0.935. The predicted octanol–water partition coefficient (Wildman–Crippen LogP) is 2.44. The van der Waals surface area contributed by atoms with E-state index < -0.39 is 0 Å². The van der Waals surface area contributed by atoms with Crippen LogP contribution in [0, 0.1) is 17.6 Å². The molecule has 0 N–H and O–H groups in total. The summed E-state index contributed by atoms with van der Waals surface area (Å²) in [5.41, 5.74) is 0.911. The van der Waals surface area contributed by atoms with Gasteiger partial charge in [0.1, 0.15) is 5.40 Å². The summed E-state index contributed by atoms with van der Waals surface area (Å²) in [6.45, 7) is 3.77. The van der Waals surface area contributed by atoms with Crippen LogP contribution in [0.25, 0.3) is 0 Å². The van der Waals surface area contributed by atoms with E-state index >= 15 is 0 Å². The highest BCUT2D eigenvalue weighted by atomic mass is 32.2. The Morgan fingerprint density at radius 3 is 2.70 bits per heavy atom. The number of hydrogen-bond acceptors (Lipinski definition) is 2. The van der Waals surface area contributed by atoms with Crippen LogP contribution in [0.15, 0.2) is 29.2 Å². The van der Waals surface area contributed by atoms with Crippen LogP contribution in [0.2, 0.25) is 0 Å². The van der Waals surface area contributed by atoms with E-state index in [0.29, 0.717) is 0 Å². The predicted molar refractivity (Wildman–Crippen MR) is 42.4 cm³/mol. The summed E-state index contributed by atoms with van der Waals surface area (Å²) in [6, 6.07) is 7.58. The standard InChI is InChI=1S/C8H6NS/c1-7-4-2-3-5-8(7)10-6-9/h2-5H,1H2. The van der Waals surface area contributed by atoms with E-state index in [1.807, 2.05) is 29.7 Å². The highest BCUT2D eigenvalue weighted by molar-refractivity contribution is 8.03. The molecule has 0 saturated carbocycles. The Morgan fingerprint density at radius 2 is 2.10 bits per heavy atom. The van der Waals surface area contributed by atoms with Crippen LogP contribution in [0.1, 0.15) is 5.56 Å². The van der Waals surface area contributed by atoms with Crippen molar-refractivity contribution in [3.05, 3.63) is 36.8 Å². The molecule has 0 aliphatic rings. The van der Waals surface area contributed by atoms with Crippen molar-refractivity contribution < 1.29 is 0 Å². The van der Waals surface area contributed by atoms with Gasteiger partial charge < -0.3 is 0 Å². The molecule has 0 aliphatic carbocycles. The molecule has 1 rings (SSSR count). The van der Waals surface area contributed by atoms with Crippen LogP contribution in [0.4, 0.5) is 0 Å². The topological polar surface area (TPSA) is 23.8 Å². The molecule has 0 fully saturated rings. The van der Waals surface area contributed by atoms with Crippen molar-refractivity contribution in [1.82, 2.24) is 0 Å². The molecule has 0 heterocycles. The number of thiocyanates is 1. The number of nitrogens with zero attached hydrogens (tertiary/aromatic N) is 1. The third kappa shape index (κ3) is 1.52. The maximum absolute atomic E-state index is 8.33. The van der Waals surface area contributed by atoms with Crippen LogP contribution in [-0.4, -0.2) is 0 Å². The third-order valence-electron chi connectivity index (χ3n) is 1.13. The quantitative estimate of drug-likeness (QED) is 0.451. The fraction of sp³-hybridized carbons (Fsp3) is 0. The summed E-state index contributed by atoms with van der Waals surface area (Å²) in [5, 5.41) is 10.3. The average molecular weight is 148 g/mol. The Hall–Kier alpha value is -0.940. The van der Waals surface area contributed by atoms with Gasteiger partial charge in [0.25, 0.3) is 0 Å². The lowest BCUT2D eigenvalue weighted by molar-refractivity contribution is 1.40. The second-order valence-corrected chi connectivity index (χ2v) is 2.63. The third-order valence-corrected chi connectivity index (χ3v) is 1.84. The molecule has 0 amide bonds. The molecule has 1 aromatic rings. The van der Waals surface area contributed by atoms with Crippen molar-refractivity contribution in [2.24, 2.45) is 0 Å². The zero-order chi connectivity index (χ0) is 7.40. The minimum absolute atomic E-state index is 0.911. The number of thioether (sulfide) groups is 1. The molecule has 0 atom stereocenters. The summed E-state index contributed by atoms with van der Waals surface area (Å²) < 4.78 is 0. The number of rotatable bonds is 1. The molecule has 2 heteroatoms. The lowest BCUT2D eigenvalue weighted by Crippen LogP contribution is -1.74. The van der Waals surface area contributed by atoms with Gasteiger partial charge in [-0.2, -0.15) is 5.26 Å². The zero-order valence-corrected chi connectivity index (χ0v) is 6.19. The van der Waals surface area contributed by atoms with Crippen molar-refractivity contribution in [2.45, 2.75) is 4.90 Å². The summed E-state index contributed by atoms with van der Waals surface area (Å²) >= 11 is 1.14. The number of hydrogen-bond donors (Lipinski definition) is 0. The molecule has 10 heavy (non-hydrogen) atoms. The van der Waals surface area contributed by atoms with Crippen molar-refractivity contribution >= 4 is 11.8 Å². The summed E-state index contributed by atoms with van der Waals surface area (Å²) in [6.07, 6.45) is 0. The van der Waals surface area contributed by atoms with Gasteiger partial charge in [-0.1, -0.05) is 18.2 Å². The lowest BCUT2D eigenvalue weighted by atomic mass is 10.2. The first-order valence-corrected chi connectivity index (χ1v) is 3.63. The van der Waals surface area contributed by atoms with E-state index in [-0.39, 0.29) is 0 Å². The maximum Gasteiger partial charge on any atom is 0.138 e. The fourth-order valence-electron chi connectivity index (χ4n) is 0.653. The van der Waals surface area contributed by atoms with Crippen LogP contribution >= 0.6 is 11.8 Å². The smallest absolute Gasteiger partial charge is 0.138 e. The van der Waals surface area contributed by atoms with Crippen LogP contribution in [0.5, 0.6) is 0 Å². The van der Waals surface area contributed by atoms with Gasteiger partial charge in [-0.25, -0.2) is 0 Å². The van der Waals surface area contributed by atoms with Gasteiger partial charge >= 0.3 is 0 Å². The fourth-order valence-corrected chi connectivity index (χ4v) is 1.10. The van der Waals surface area contributed by atoms with Crippen molar-refractivity contribution in [2.75, 3.05) is 0 Å². The molecular weight excluding hydrogens is 142 g/mol. The molecule has 0 aliphatic heterocycles. The molecule has 49 valence electrons. The maximum atomic E-state index is 8.33. The molecule has 0 unspecified atom stereocenters. The lowest BCUT2D eigenvalue weighted by Gasteiger charge is -1.95. The zero-order valence-electron chi connectivity index (χ0n) is 5.37. The Balaban J connectivity index is 2.94. The minimum Gasteiger partial charge on any atom is -0.185 e. The van der Waals surface area contributed by atoms with Gasteiger partial charge in [-0.15, -0.1) is 0 Å². The van der Waals surface area contributed by atoms with Crippen molar-refractivity contribution in [3.63, 3.8) is 0 Å². The summed E-state index contributed by atoms with van der Waals surface area (Å²) in [7, 11) is 0. The van der Waals surface area contributed by atoms with Crippen molar-refractivity contribution in [1.29, 1.82) is 5.26 Å². The Labute approximate surface area is 64.7 Å². The SMILES string of the molecule is [CH2]c1ccccc1SC#N. The first-order valence-electron chi connectivity index (χ1n) is 2.81. The number of nitriles is 1. The second-order valence-electron chi connectivity index (χ2n) is 1.80. The molecule has 1 nitrogen and oxygen atoms in total. The van der Waals surface area contributed by atoms with E-state index in [1.165, 1.54) is 0 Å². The van der Waals surface area contributed by atoms with Crippen LogP contribution in [0.3, 0.4) is 0 Å². The van der Waals surface area contributed by atoms with E-state index in [9.17, 15) is 0 Å². The van der Waals surface area contributed by atoms with Gasteiger partial charge in [0, 0.05) is 4.90 Å². The Morgan fingerprint density at radius 1 is 1.40 bits per heavy atom. The van der Waals surface area contributed by atoms with Gasteiger partial charge in [0.2, 0.25) is 0 Å². The van der Waals surface area contributed by atoms with E-state index in [2.05, 4.69) is 6.92 Å². The van der Waals surface area contributed by atoms with Crippen LogP contribution in [-0.2, 0) is 0 Å². The molecule has 0 saturated heterocycles. The number of benzene rings is 1. The molecule has 1 radical (unpaired) electrons. The van der Waals surface area contributed by atoms with E-state index in [4.69, 9.17) is 5.26 Å². The Kier molecular flexibility index (Phi) is 2.35. The van der Waals surface area contributed by atoms with Gasteiger partial charge in [0.15, 0.2) is 0 Å². The van der Waals surface area contributed by atoms with E-state index in [1.54, 1.807) is 0 Å². The van der Waals surface area contributed by atoms with Gasteiger partial charge in [-0.05, 0) is 30.3 Å². The Bertz CT molecular complexity index is 262. The monoisotopic (exact) mass is 148 g/mol. The normalized spacial score (nSPS) is 8.80. The molecular formula is C8H6NS. The molecule has 1 aromatic carbocycles. The van der Waals surface area contributed by atoms with Crippen molar-refractivity contribution in [3.8, 4) is 5.40 Å². The largest absolute Gasteiger partial charge is 0.185 e. The molecule has 0 aromatic heterocycles. The van der Waals surface area contributed by atoms with Gasteiger partial charge in [-0.3, -0.25) is 0 Å². The van der Waals surface area contributed by atoms with Crippen LogP contribution < -0.4 is 0 Å². The highest BCUT2D eigenvalue weighted by Gasteiger charge is 1.93. The molecule has 0 spiro atoms. The highest BCUT2D eigenvalue weighted by Crippen LogP contribution is 2.19. The molecule has 0 bridgehead atoms. The van der Waals surface area contributed by atoms with Gasteiger partial charge in [0.05, 0.1) is 0 Å². The first-order chi connectivity index (χ1) is 4.84.